The minimum atomic E-state index is -0.379. The molecule has 4 rings (SSSR count). The van der Waals surface area contributed by atoms with E-state index >= 15 is 0 Å². The van der Waals surface area contributed by atoms with Gasteiger partial charge >= 0.3 is 0 Å². The highest BCUT2D eigenvalue weighted by atomic mass is 32.2. The minimum absolute atomic E-state index is 0.000120. The van der Waals surface area contributed by atoms with E-state index in [2.05, 4.69) is 18.4 Å². The van der Waals surface area contributed by atoms with E-state index in [-0.39, 0.29) is 17.1 Å². The van der Waals surface area contributed by atoms with Gasteiger partial charge in [-0.15, -0.1) is 17.9 Å². The van der Waals surface area contributed by atoms with Gasteiger partial charge in [-0.3, -0.25) is 14.3 Å². The summed E-state index contributed by atoms with van der Waals surface area (Å²) in [5, 5.41) is 1.41. The van der Waals surface area contributed by atoms with Crippen LogP contribution in [0.1, 0.15) is 17.4 Å². The maximum Gasteiger partial charge on any atom is 0.263 e. The van der Waals surface area contributed by atoms with Crippen molar-refractivity contribution in [3.8, 4) is 5.75 Å². The van der Waals surface area contributed by atoms with Crippen molar-refractivity contribution < 1.29 is 9.13 Å². The normalized spacial score (nSPS) is 14.1. The lowest BCUT2D eigenvalue weighted by Gasteiger charge is -2.24. The van der Waals surface area contributed by atoms with Gasteiger partial charge in [0.2, 0.25) is 0 Å². The molecule has 0 unspecified atom stereocenters. The molecule has 3 aromatic rings. The first-order valence-electron chi connectivity index (χ1n) is 10.0. The first-order chi connectivity index (χ1) is 14.6. The van der Waals surface area contributed by atoms with Gasteiger partial charge in [0.1, 0.15) is 4.83 Å². The van der Waals surface area contributed by atoms with Crippen molar-refractivity contribution in [1.82, 2.24) is 14.5 Å². The van der Waals surface area contributed by atoms with Gasteiger partial charge < -0.3 is 4.74 Å². The number of hydrogen-bond donors (Lipinski definition) is 0. The Balaban J connectivity index is 1.58. The first-order valence-corrected chi connectivity index (χ1v) is 11.8. The average molecular weight is 446 g/mol. The van der Waals surface area contributed by atoms with Crippen LogP contribution in [0.4, 0.5) is 4.39 Å². The third-order valence-electron chi connectivity index (χ3n) is 5.17. The molecule has 8 heteroatoms. The quantitative estimate of drug-likeness (QED) is 0.224. The highest BCUT2D eigenvalue weighted by Crippen LogP contribution is 2.33. The van der Waals surface area contributed by atoms with Gasteiger partial charge in [-0.25, -0.2) is 9.37 Å². The summed E-state index contributed by atoms with van der Waals surface area (Å²) in [6, 6.07) is 6.34. The van der Waals surface area contributed by atoms with E-state index in [9.17, 15) is 9.18 Å². The molecule has 0 N–H and O–H groups in total. The largest absolute Gasteiger partial charge is 0.490 e. The molecule has 0 atom stereocenters. The van der Waals surface area contributed by atoms with Crippen LogP contribution < -0.4 is 10.3 Å². The van der Waals surface area contributed by atoms with Crippen LogP contribution in [-0.4, -0.2) is 39.9 Å². The summed E-state index contributed by atoms with van der Waals surface area (Å²) in [6.45, 7) is 9.54. The van der Waals surface area contributed by atoms with E-state index in [0.29, 0.717) is 24.1 Å². The molecule has 0 saturated carbocycles. The van der Waals surface area contributed by atoms with Crippen molar-refractivity contribution in [2.75, 3.05) is 25.4 Å². The van der Waals surface area contributed by atoms with Crippen LogP contribution in [0.5, 0.6) is 5.75 Å². The number of ether oxygens (including phenoxy) is 1. The zero-order chi connectivity index (χ0) is 21.1. The van der Waals surface area contributed by atoms with E-state index in [1.165, 1.54) is 22.7 Å². The van der Waals surface area contributed by atoms with Crippen molar-refractivity contribution in [2.45, 2.75) is 31.6 Å². The fraction of sp³-hybridized carbons (Fsp3) is 0.364. The van der Waals surface area contributed by atoms with Gasteiger partial charge in [0, 0.05) is 30.3 Å². The second kappa shape index (κ2) is 9.32. The molecular weight excluding hydrogens is 421 g/mol. The zero-order valence-corrected chi connectivity index (χ0v) is 18.5. The molecule has 1 aromatic carbocycles. The summed E-state index contributed by atoms with van der Waals surface area (Å²) in [5.74, 6) is 0.408. The van der Waals surface area contributed by atoms with Crippen LogP contribution in [0, 0.1) is 5.82 Å². The molecule has 30 heavy (non-hydrogen) atoms. The number of nitrogens with zero attached hydrogens (tertiary/aromatic N) is 3. The number of halogens is 1. The van der Waals surface area contributed by atoms with Crippen molar-refractivity contribution >= 4 is 33.3 Å². The molecule has 2 aromatic heterocycles. The lowest BCUT2D eigenvalue weighted by Crippen LogP contribution is -2.30. The molecule has 1 aliphatic rings. The van der Waals surface area contributed by atoms with Crippen LogP contribution >= 0.6 is 23.1 Å². The van der Waals surface area contributed by atoms with Crippen LogP contribution in [0.2, 0.25) is 0 Å². The van der Waals surface area contributed by atoms with Crippen LogP contribution in [0.3, 0.4) is 0 Å². The highest BCUT2D eigenvalue weighted by Gasteiger charge is 2.24. The number of allylic oxidation sites excluding steroid dienone is 1. The molecule has 0 fully saturated rings. The van der Waals surface area contributed by atoms with Crippen LogP contribution in [0.25, 0.3) is 10.2 Å². The molecule has 5 nitrogen and oxygen atoms in total. The smallest absolute Gasteiger partial charge is 0.263 e. The van der Waals surface area contributed by atoms with Crippen LogP contribution in [0.15, 0.2) is 46.9 Å². The van der Waals surface area contributed by atoms with Crippen molar-refractivity contribution in [2.24, 2.45) is 0 Å². The van der Waals surface area contributed by atoms with Gasteiger partial charge in [0.05, 0.1) is 12.0 Å². The van der Waals surface area contributed by atoms with E-state index in [4.69, 9.17) is 9.72 Å². The Labute approximate surface area is 183 Å². The Kier molecular flexibility index (Phi) is 6.55. The van der Waals surface area contributed by atoms with Gasteiger partial charge in [-0.1, -0.05) is 36.9 Å². The predicted octanol–water partition coefficient (Wildman–Crippen LogP) is 4.33. The van der Waals surface area contributed by atoms with Crippen molar-refractivity contribution in [3.63, 3.8) is 0 Å². The summed E-state index contributed by atoms with van der Waals surface area (Å²) in [4.78, 5) is 22.6. The molecule has 158 valence electrons. The number of fused-ring (bicyclic) bond motifs is 3. The Hall–Kier alpha value is -2.16. The van der Waals surface area contributed by atoms with Gasteiger partial charge in [-0.05, 0) is 30.7 Å². The maximum absolute atomic E-state index is 13.7. The van der Waals surface area contributed by atoms with E-state index < -0.39 is 0 Å². The molecule has 0 saturated heterocycles. The summed E-state index contributed by atoms with van der Waals surface area (Å²) in [7, 11) is 0. The van der Waals surface area contributed by atoms with E-state index in [0.717, 1.165) is 41.8 Å². The lowest BCUT2D eigenvalue weighted by atomic mass is 10.1. The van der Waals surface area contributed by atoms with Crippen molar-refractivity contribution in [1.29, 1.82) is 0 Å². The number of likely N-dealkylation sites (N-methyl/N-ethyl adjacent to an activating group) is 1. The SMILES string of the molecule is C=CCn1c(SCCOc2ccccc2F)nc2sc3c(c2c1=O)CCN(CC)C3. The number of thioether (sulfide) groups is 1. The molecule has 0 radical (unpaired) electrons. The fourth-order valence-electron chi connectivity index (χ4n) is 3.63. The Bertz CT molecular complexity index is 1130. The number of benzene rings is 1. The predicted molar refractivity (Wildman–Crippen MR) is 121 cm³/mol. The zero-order valence-electron chi connectivity index (χ0n) is 16.9. The van der Waals surface area contributed by atoms with E-state index in [1.54, 1.807) is 40.2 Å². The summed E-state index contributed by atoms with van der Waals surface area (Å²) >= 11 is 3.07. The number of aromatic nitrogens is 2. The number of hydrogen-bond acceptors (Lipinski definition) is 6. The molecule has 0 aliphatic carbocycles. The third kappa shape index (κ3) is 4.17. The maximum atomic E-state index is 13.7. The second-order valence-corrected chi connectivity index (χ2v) is 9.17. The molecule has 3 heterocycles. The van der Waals surface area contributed by atoms with Gasteiger partial charge in [0.25, 0.3) is 5.56 Å². The summed E-state index contributed by atoms with van der Waals surface area (Å²) < 4.78 is 20.9. The minimum Gasteiger partial charge on any atom is -0.490 e. The van der Waals surface area contributed by atoms with Gasteiger partial charge in [-0.2, -0.15) is 0 Å². The van der Waals surface area contributed by atoms with E-state index in [1.807, 2.05) is 0 Å². The topological polar surface area (TPSA) is 47.4 Å². The summed E-state index contributed by atoms with van der Waals surface area (Å²) in [6.07, 6.45) is 2.60. The Morgan fingerprint density at radius 1 is 1.40 bits per heavy atom. The molecule has 0 amide bonds. The van der Waals surface area contributed by atoms with Gasteiger partial charge in [0.15, 0.2) is 16.7 Å². The first kappa shape index (κ1) is 21.1. The lowest BCUT2D eigenvalue weighted by molar-refractivity contribution is 0.272. The summed E-state index contributed by atoms with van der Waals surface area (Å²) in [5.41, 5.74) is 1.16. The monoisotopic (exact) mass is 445 g/mol. The molecule has 1 aliphatic heterocycles. The van der Waals surface area contributed by atoms with Crippen LogP contribution in [-0.2, 0) is 19.5 Å². The molecule has 0 bridgehead atoms. The Morgan fingerprint density at radius 3 is 3.00 bits per heavy atom. The average Bonchev–Trinajstić information content (AvgIpc) is 3.12. The second-order valence-electron chi connectivity index (χ2n) is 7.03. The number of rotatable bonds is 8. The third-order valence-corrected chi connectivity index (χ3v) is 7.22. The number of para-hydroxylation sites is 1. The standard InChI is InChI=1S/C22H24FN3O2S2/c1-3-10-26-21(27)19-15-9-11-25(4-2)14-18(15)30-20(19)24-22(26)29-13-12-28-17-8-6-5-7-16(17)23/h3,5-8H,1,4,9-14H2,2H3. The molecule has 0 spiro atoms. The van der Waals surface area contributed by atoms with Crippen molar-refractivity contribution in [3.05, 3.63) is 63.5 Å². The number of thiophene rings is 1. The molecular formula is C22H24FN3O2S2. The Morgan fingerprint density at radius 2 is 2.23 bits per heavy atom. The fourth-order valence-corrected chi connectivity index (χ4v) is 5.76. The highest BCUT2D eigenvalue weighted by molar-refractivity contribution is 7.99.